The zero-order valence-electron chi connectivity index (χ0n) is 20.3. The number of amides is 2. The molecule has 2 bridgehead atoms. The van der Waals surface area contributed by atoms with Crippen LogP contribution >= 0.6 is 0 Å². The lowest BCUT2D eigenvalue weighted by Gasteiger charge is -2.74. The highest BCUT2D eigenvalue weighted by molar-refractivity contribution is 5.95. The van der Waals surface area contributed by atoms with Crippen LogP contribution in [-0.2, 0) is 11.2 Å². The highest BCUT2D eigenvalue weighted by Gasteiger charge is 2.73. The van der Waals surface area contributed by atoms with E-state index >= 15 is 0 Å². The molecule has 0 spiro atoms. The molecule has 6 rings (SSSR count). The molecule has 2 amide bonds. The molecule has 3 aliphatic carbocycles. The Morgan fingerprint density at radius 2 is 1.97 bits per heavy atom. The van der Waals surface area contributed by atoms with Gasteiger partial charge in [0.05, 0.1) is 19.3 Å². The summed E-state index contributed by atoms with van der Waals surface area (Å²) in [6.07, 6.45) is 14.0. The first-order valence-corrected chi connectivity index (χ1v) is 12.4. The van der Waals surface area contributed by atoms with Crippen LogP contribution in [0.25, 0.3) is 0 Å². The van der Waals surface area contributed by atoms with Gasteiger partial charge in [0, 0.05) is 35.3 Å². The number of methoxy groups -OCH3 is 1. The van der Waals surface area contributed by atoms with Crippen LogP contribution in [0.5, 0.6) is 5.75 Å². The molecule has 2 heterocycles. The number of pyridine rings is 1. The van der Waals surface area contributed by atoms with E-state index in [1.807, 2.05) is 11.0 Å². The zero-order chi connectivity index (χ0) is 24.6. The molecule has 182 valence electrons. The number of unbranched alkanes of at least 4 members (excludes halogenated alkanes) is 1. The van der Waals surface area contributed by atoms with Crippen LogP contribution in [0.2, 0.25) is 0 Å². The maximum Gasteiger partial charge on any atom is 0.300 e. The van der Waals surface area contributed by atoms with Gasteiger partial charge in [-0.25, -0.2) is 0 Å². The normalized spacial score (nSPS) is 28.1. The van der Waals surface area contributed by atoms with Crippen LogP contribution in [0.15, 0.2) is 42.7 Å². The van der Waals surface area contributed by atoms with Crippen molar-refractivity contribution in [1.82, 2.24) is 20.5 Å². The number of benzene rings is 1. The van der Waals surface area contributed by atoms with Crippen molar-refractivity contribution in [3.8, 4) is 18.1 Å². The third-order valence-electron chi connectivity index (χ3n) is 7.91. The van der Waals surface area contributed by atoms with E-state index in [1.165, 1.54) is 5.56 Å². The topological polar surface area (TPSA) is 83.6 Å². The lowest BCUT2D eigenvalue weighted by Crippen LogP contribution is -2.78. The number of carbonyl (C=O) groups is 2. The molecule has 2 N–H and O–H groups in total. The van der Waals surface area contributed by atoms with Crippen molar-refractivity contribution < 1.29 is 14.3 Å². The first-order valence-electron chi connectivity index (χ1n) is 12.4. The molecule has 2 atom stereocenters. The highest BCUT2D eigenvalue weighted by atomic mass is 16.5. The zero-order valence-corrected chi connectivity index (χ0v) is 20.3. The average molecular weight is 473 g/mol. The molecule has 7 heteroatoms. The van der Waals surface area contributed by atoms with E-state index in [0.717, 1.165) is 50.0 Å². The van der Waals surface area contributed by atoms with Crippen molar-refractivity contribution in [3.63, 3.8) is 0 Å². The van der Waals surface area contributed by atoms with E-state index in [4.69, 9.17) is 11.2 Å². The molecule has 3 fully saturated rings. The first kappa shape index (κ1) is 23.4. The fourth-order valence-corrected chi connectivity index (χ4v) is 6.47. The van der Waals surface area contributed by atoms with E-state index in [0.29, 0.717) is 12.0 Å². The third kappa shape index (κ3) is 3.96. The van der Waals surface area contributed by atoms with Crippen molar-refractivity contribution in [2.45, 2.75) is 63.2 Å². The monoisotopic (exact) mass is 472 g/mol. The molecular formula is C28H32N4O3. The summed E-state index contributed by atoms with van der Waals surface area (Å²) in [4.78, 5) is 31.8. The van der Waals surface area contributed by atoms with Gasteiger partial charge >= 0.3 is 0 Å². The number of terminal acetylenes is 1. The van der Waals surface area contributed by atoms with Crippen molar-refractivity contribution in [3.05, 3.63) is 59.4 Å². The molecule has 0 saturated heterocycles. The summed E-state index contributed by atoms with van der Waals surface area (Å²) in [6, 6.07) is 9.44. The second kappa shape index (κ2) is 9.01. The quantitative estimate of drug-likeness (QED) is 0.455. The van der Waals surface area contributed by atoms with Crippen LogP contribution in [-0.4, -0.2) is 47.1 Å². The second-order valence-electron chi connectivity index (χ2n) is 10.2. The highest BCUT2D eigenvalue weighted by Crippen LogP contribution is 2.74. The van der Waals surface area contributed by atoms with Crippen molar-refractivity contribution in [2.24, 2.45) is 5.41 Å². The van der Waals surface area contributed by atoms with E-state index < -0.39 is 0 Å². The number of fused-ring (bicyclic) bond motifs is 1. The summed E-state index contributed by atoms with van der Waals surface area (Å²) in [6.45, 7) is 2.97. The molecule has 1 aliphatic heterocycles. The molecule has 0 unspecified atom stereocenters. The van der Waals surface area contributed by atoms with Gasteiger partial charge in [0.1, 0.15) is 5.75 Å². The summed E-state index contributed by atoms with van der Waals surface area (Å²) >= 11 is 0. The van der Waals surface area contributed by atoms with E-state index in [2.05, 4.69) is 40.6 Å². The van der Waals surface area contributed by atoms with Gasteiger partial charge in [0.2, 0.25) is 0 Å². The van der Waals surface area contributed by atoms with Crippen LogP contribution in [0.4, 0.5) is 0 Å². The van der Waals surface area contributed by atoms with Crippen LogP contribution in [0, 0.1) is 17.8 Å². The number of aromatic nitrogens is 1. The van der Waals surface area contributed by atoms with Gasteiger partial charge in [0.15, 0.2) is 0 Å². The number of rotatable bonds is 8. The minimum Gasteiger partial charge on any atom is -0.497 e. The number of carbonyl (C=O) groups excluding carboxylic acids is 2. The Kier molecular flexibility index (Phi) is 6.02. The summed E-state index contributed by atoms with van der Waals surface area (Å²) in [5, 5.41) is 6.84. The van der Waals surface area contributed by atoms with E-state index in [-0.39, 0.29) is 35.0 Å². The number of hydrogen-bond donors (Lipinski definition) is 2. The fourth-order valence-electron chi connectivity index (χ4n) is 6.47. The maximum absolute atomic E-state index is 13.1. The van der Waals surface area contributed by atoms with Gasteiger partial charge in [-0.2, -0.15) is 0 Å². The minimum absolute atomic E-state index is 0.0786. The summed E-state index contributed by atoms with van der Waals surface area (Å²) < 4.78 is 5.50. The lowest BCUT2D eigenvalue weighted by molar-refractivity contribution is -0.205. The Balaban J connectivity index is 1.43. The predicted octanol–water partition coefficient (Wildman–Crippen LogP) is 3.22. The minimum atomic E-state index is -0.287. The Bertz CT molecular complexity index is 1150. The molecule has 35 heavy (non-hydrogen) atoms. The number of nitrogens with zero attached hydrogens (tertiary/aromatic N) is 2. The van der Waals surface area contributed by atoms with Gasteiger partial charge < -0.3 is 15.0 Å². The fraction of sp³-hybridized carbons (Fsp3) is 0.464. The second-order valence-corrected chi connectivity index (χ2v) is 10.2. The van der Waals surface area contributed by atoms with Gasteiger partial charge in [-0.3, -0.25) is 19.9 Å². The van der Waals surface area contributed by atoms with Gasteiger partial charge in [-0.1, -0.05) is 19.4 Å². The largest absolute Gasteiger partial charge is 0.497 e. The van der Waals surface area contributed by atoms with Crippen LogP contribution in [0.1, 0.15) is 66.6 Å². The number of nitrogens with one attached hydrogen (secondary N) is 2. The summed E-state index contributed by atoms with van der Waals surface area (Å²) in [5.74, 6) is 2.83. The standard InChI is InChI=1S/C28H32N4O3/c1-4-6-11-30-23-15-20-14-21(35-3)7-8-22(20)25(32(23)24(33)5-2)27-16-28(17-27,18-27)31-26(34)19-9-12-29-13-10-19/h2,7-10,12-14,23,25,30H,4,6,11,15-18H2,1,3H3,(H,31,34)/t23-,25-,27?,28?/m1/s1. The third-order valence-corrected chi connectivity index (χ3v) is 7.91. The van der Waals surface area contributed by atoms with Crippen LogP contribution in [0.3, 0.4) is 0 Å². The summed E-state index contributed by atoms with van der Waals surface area (Å²) in [5.41, 5.74) is 2.60. The summed E-state index contributed by atoms with van der Waals surface area (Å²) in [7, 11) is 1.67. The Hall–Kier alpha value is -3.37. The molecule has 1 aromatic carbocycles. The van der Waals surface area contributed by atoms with Gasteiger partial charge in [-0.15, -0.1) is 6.42 Å². The molecule has 7 nitrogen and oxygen atoms in total. The van der Waals surface area contributed by atoms with Crippen molar-refractivity contribution in [1.29, 1.82) is 0 Å². The molecule has 1 aromatic heterocycles. The molecule has 3 saturated carbocycles. The maximum atomic E-state index is 13.1. The van der Waals surface area contributed by atoms with Crippen molar-refractivity contribution >= 4 is 11.8 Å². The van der Waals surface area contributed by atoms with Gasteiger partial charge in [0.25, 0.3) is 11.8 Å². The smallest absolute Gasteiger partial charge is 0.300 e. The molecule has 4 aliphatic rings. The SMILES string of the molecule is C#CC(=O)N1[C@@H](NCCCC)Cc2cc(OC)ccc2[C@@H]1C12CC(NC(=O)c3ccncc3)(C1)C2. The van der Waals surface area contributed by atoms with Crippen molar-refractivity contribution in [2.75, 3.05) is 13.7 Å². The first-order chi connectivity index (χ1) is 16.9. The van der Waals surface area contributed by atoms with E-state index in [9.17, 15) is 9.59 Å². The van der Waals surface area contributed by atoms with Crippen LogP contribution < -0.4 is 15.4 Å². The van der Waals surface area contributed by atoms with Gasteiger partial charge in [-0.05, 0) is 73.5 Å². The lowest BCUT2D eigenvalue weighted by atomic mass is 9.36. The number of ether oxygens (including phenoxy) is 1. The molecular weight excluding hydrogens is 440 g/mol. The average Bonchev–Trinajstić information content (AvgIpc) is 2.84. The number of hydrogen-bond acceptors (Lipinski definition) is 5. The Morgan fingerprint density at radius 3 is 2.63 bits per heavy atom. The Morgan fingerprint density at radius 1 is 1.23 bits per heavy atom. The molecule has 2 aromatic rings. The molecule has 0 radical (unpaired) electrons. The van der Waals surface area contributed by atoms with E-state index in [1.54, 1.807) is 31.6 Å². The Labute approximate surface area is 206 Å². The predicted molar refractivity (Wildman–Crippen MR) is 133 cm³/mol.